The summed E-state index contributed by atoms with van der Waals surface area (Å²) in [6.07, 6.45) is 3.89. The standard InChI is InChI=1S/C8H7O2/c1-6-5-7-3-2-4-9-8(7)10-6/h2-3H,4H2,1H3. The maximum absolute atomic E-state index is 5.18. The van der Waals surface area contributed by atoms with Crippen molar-refractivity contribution in [3.05, 3.63) is 23.5 Å². The zero-order valence-electron chi connectivity index (χ0n) is 5.68. The number of fused-ring (bicyclic) bond motifs is 1. The van der Waals surface area contributed by atoms with Gasteiger partial charge in [-0.25, -0.2) is 0 Å². The van der Waals surface area contributed by atoms with Gasteiger partial charge < -0.3 is 9.15 Å². The SMILES string of the molecule is Cc1[c]c2c(o1)OCC=C2. The van der Waals surface area contributed by atoms with Gasteiger partial charge in [0.15, 0.2) is 0 Å². The number of hydrogen-bond donors (Lipinski definition) is 0. The van der Waals surface area contributed by atoms with Gasteiger partial charge in [-0.05, 0) is 19.1 Å². The van der Waals surface area contributed by atoms with Crippen LogP contribution < -0.4 is 4.74 Å². The van der Waals surface area contributed by atoms with Gasteiger partial charge in [-0.3, -0.25) is 0 Å². The van der Waals surface area contributed by atoms with Gasteiger partial charge in [-0.1, -0.05) is 0 Å². The smallest absolute Gasteiger partial charge is 0.293 e. The van der Waals surface area contributed by atoms with Crippen LogP contribution in [0.2, 0.25) is 0 Å². The van der Waals surface area contributed by atoms with Crippen molar-refractivity contribution in [1.29, 1.82) is 0 Å². The van der Waals surface area contributed by atoms with Gasteiger partial charge >= 0.3 is 0 Å². The van der Waals surface area contributed by atoms with E-state index in [1.165, 1.54) is 0 Å². The maximum atomic E-state index is 5.18. The number of aryl methyl sites for hydroxylation is 1. The molecule has 0 N–H and O–H groups in total. The van der Waals surface area contributed by atoms with Gasteiger partial charge in [0.2, 0.25) is 0 Å². The fourth-order valence-corrected chi connectivity index (χ4v) is 0.967. The van der Waals surface area contributed by atoms with Crippen LogP contribution in [0.4, 0.5) is 0 Å². The predicted molar refractivity (Wildman–Crippen MR) is 36.8 cm³/mol. The van der Waals surface area contributed by atoms with E-state index in [4.69, 9.17) is 9.15 Å². The minimum Gasteiger partial charge on any atom is -0.460 e. The summed E-state index contributed by atoms with van der Waals surface area (Å²) in [6, 6.07) is 3.02. The molecule has 2 nitrogen and oxygen atoms in total. The van der Waals surface area contributed by atoms with Crippen LogP contribution in [0.25, 0.3) is 6.08 Å². The molecule has 1 radical (unpaired) electrons. The van der Waals surface area contributed by atoms with Gasteiger partial charge in [-0.15, -0.1) is 0 Å². The zero-order chi connectivity index (χ0) is 6.97. The lowest BCUT2D eigenvalue weighted by molar-refractivity contribution is 0.263. The summed E-state index contributed by atoms with van der Waals surface area (Å²) in [7, 11) is 0. The van der Waals surface area contributed by atoms with E-state index in [0.717, 1.165) is 11.3 Å². The van der Waals surface area contributed by atoms with Crippen molar-refractivity contribution in [2.24, 2.45) is 0 Å². The Balaban J connectivity index is 2.53. The topological polar surface area (TPSA) is 22.4 Å². The van der Waals surface area contributed by atoms with Gasteiger partial charge in [0.25, 0.3) is 5.95 Å². The average Bonchev–Trinajstić information content (AvgIpc) is 2.27. The molecule has 0 aliphatic carbocycles. The highest BCUT2D eigenvalue weighted by Gasteiger charge is 2.10. The Bertz CT molecular complexity index is 271. The van der Waals surface area contributed by atoms with Crippen LogP contribution in [0.5, 0.6) is 5.95 Å². The summed E-state index contributed by atoms with van der Waals surface area (Å²) in [5.74, 6) is 1.37. The van der Waals surface area contributed by atoms with Crippen molar-refractivity contribution in [1.82, 2.24) is 0 Å². The van der Waals surface area contributed by atoms with Crippen LogP contribution in [0.3, 0.4) is 0 Å². The number of hydrogen-bond acceptors (Lipinski definition) is 2. The van der Waals surface area contributed by atoms with Gasteiger partial charge in [-0.2, -0.15) is 0 Å². The monoisotopic (exact) mass is 135 g/mol. The molecule has 0 saturated carbocycles. The Morgan fingerprint density at radius 2 is 2.50 bits per heavy atom. The van der Waals surface area contributed by atoms with E-state index in [2.05, 4.69) is 6.07 Å². The second-order valence-corrected chi connectivity index (χ2v) is 2.20. The molecule has 1 aliphatic rings. The Morgan fingerprint density at radius 1 is 1.60 bits per heavy atom. The molecule has 2 heteroatoms. The van der Waals surface area contributed by atoms with E-state index in [1.807, 2.05) is 19.1 Å². The van der Waals surface area contributed by atoms with Crippen LogP contribution in [0.1, 0.15) is 11.3 Å². The molecule has 2 rings (SSSR count). The first-order valence-electron chi connectivity index (χ1n) is 3.18. The van der Waals surface area contributed by atoms with Crippen molar-refractivity contribution in [2.75, 3.05) is 6.61 Å². The number of furan rings is 1. The highest BCUT2D eigenvalue weighted by Crippen LogP contribution is 2.26. The third kappa shape index (κ3) is 0.727. The van der Waals surface area contributed by atoms with Crippen molar-refractivity contribution in [3.8, 4) is 5.95 Å². The Kier molecular flexibility index (Phi) is 1.07. The minimum atomic E-state index is 0.597. The van der Waals surface area contributed by atoms with E-state index in [0.29, 0.717) is 12.6 Å². The quantitative estimate of drug-likeness (QED) is 0.541. The summed E-state index contributed by atoms with van der Waals surface area (Å²) in [5.41, 5.74) is 0.920. The second kappa shape index (κ2) is 1.90. The minimum absolute atomic E-state index is 0.597. The Labute approximate surface area is 59.1 Å². The molecule has 1 aromatic heterocycles. The molecule has 1 aliphatic heterocycles. The Morgan fingerprint density at radius 3 is 3.30 bits per heavy atom. The molecule has 1 aromatic rings. The van der Waals surface area contributed by atoms with E-state index in [9.17, 15) is 0 Å². The number of rotatable bonds is 0. The van der Waals surface area contributed by atoms with Gasteiger partial charge in [0.1, 0.15) is 12.4 Å². The fraction of sp³-hybridized carbons (Fsp3) is 0.250. The molecule has 0 fully saturated rings. The highest BCUT2D eigenvalue weighted by atomic mass is 16.6. The molecule has 0 unspecified atom stereocenters. The fourth-order valence-electron chi connectivity index (χ4n) is 0.967. The molecule has 0 saturated heterocycles. The molecule has 51 valence electrons. The van der Waals surface area contributed by atoms with Crippen LogP contribution in [0, 0.1) is 13.0 Å². The van der Waals surface area contributed by atoms with E-state index >= 15 is 0 Å². The molecule has 0 aromatic carbocycles. The zero-order valence-corrected chi connectivity index (χ0v) is 5.68. The normalized spacial score (nSPS) is 14.5. The molecule has 0 amide bonds. The summed E-state index contributed by atoms with van der Waals surface area (Å²) in [4.78, 5) is 0. The van der Waals surface area contributed by atoms with Crippen LogP contribution in [0.15, 0.2) is 10.5 Å². The maximum Gasteiger partial charge on any atom is 0.293 e. The van der Waals surface area contributed by atoms with Crippen LogP contribution in [-0.4, -0.2) is 6.61 Å². The van der Waals surface area contributed by atoms with Crippen LogP contribution in [-0.2, 0) is 0 Å². The Hall–Kier alpha value is -1.18. The third-order valence-corrected chi connectivity index (χ3v) is 1.37. The van der Waals surface area contributed by atoms with Gasteiger partial charge in [0, 0.05) is 6.07 Å². The lowest BCUT2D eigenvalue weighted by Gasteiger charge is -2.03. The molecule has 0 atom stereocenters. The van der Waals surface area contributed by atoms with Crippen molar-refractivity contribution >= 4 is 6.08 Å². The highest BCUT2D eigenvalue weighted by molar-refractivity contribution is 5.55. The lowest BCUT2D eigenvalue weighted by atomic mass is 10.2. The van der Waals surface area contributed by atoms with Crippen molar-refractivity contribution in [2.45, 2.75) is 6.92 Å². The second-order valence-electron chi connectivity index (χ2n) is 2.20. The first-order valence-corrected chi connectivity index (χ1v) is 3.18. The van der Waals surface area contributed by atoms with Crippen LogP contribution >= 0.6 is 0 Å². The van der Waals surface area contributed by atoms with E-state index < -0.39 is 0 Å². The summed E-state index contributed by atoms with van der Waals surface area (Å²) < 4.78 is 10.3. The summed E-state index contributed by atoms with van der Waals surface area (Å²) in [6.45, 7) is 2.46. The van der Waals surface area contributed by atoms with E-state index in [-0.39, 0.29) is 0 Å². The molecular formula is C8H7O2. The first-order chi connectivity index (χ1) is 4.86. The van der Waals surface area contributed by atoms with Gasteiger partial charge in [0.05, 0.1) is 5.56 Å². The first kappa shape index (κ1) is 5.59. The lowest BCUT2D eigenvalue weighted by Crippen LogP contribution is -1.96. The summed E-state index contributed by atoms with van der Waals surface area (Å²) >= 11 is 0. The molecule has 10 heavy (non-hydrogen) atoms. The van der Waals surface area contributed by atoms with E-state index in [1.54, 1.807) is 0 Å². The summed E-state index contributed by atoms with van der Waals surface area (Å²) in [5, 5.41) is 0. The van der Waals surface area contributed by atoms with Crippen molar-refractivity contribution in [3.63, 3.8) is 0 Å². The molecular weight excluding hydrogens is 128 g/mol. The average molecular weight is 135 g/mol. The van der Waals surface area contributed by atoms with Crippen molar-refractivity contribution < 1.29 is 9.15 Å². The largest absolute Gasteiger partial charge is 0.460 e. The predicted octanol–water partition coefficient (Wildman–Crippen LogP) is 1.79. The number of ether oxygens (including phenoxy) is 1. The third-order valence-electron chi connectivity index (χ3n) is 1.37. The molecule has 0 bridgehead atoms. The molecule has 2 heterocycles. The molecule has 0 spiro atoms.